The normalized spacial score (nSPS) is 31.5. The van der Waals surface area contributed by atoms with Gasteiger partial charge in [-0.25, -0.2) is 8.42 Å². The molecule has 76 valence electrons. The van der Waals surface area contributed by atoms with Crippen molar-refractivity contribution >= 4 is 15.8 Å². The van der Waals surface area contributed by atoms with Crippen LogP contribution in [0.5, 0.6) is 0 Å². The number of methoxy groups -OCH3 is 1. The fraction of sp³-hybridized carbons (Fsp3) is 0.857. The van der Waals surface area contributed by atoms with Gasteiger partial charge in [0.2, 0.25) is 0 Å². The van der Waals surface area contributed by atoms with Crippen molar-refractivity contribution in [3.8, 4) is 0 Å². The van der Waals surface area contributed by atoms with Crippen LogP contribution >= 0.6 is 0 Å². The maximum atomic E-state index is 11.1. The van der Waals surface area contributed by atoms with Crippen LogP contribution in [0.4, 0.5) is 0 Å². The Morgan fingerprint density at radius 2 is 1.85 bits per heavy atom. The molecule has 0 saturated carbocycles. The number of carbonyl (C=O) groups excluding carboxylic acids is 1. The van der Waals surface area contributed by atoms with Gasteiger partial charge in [0.1, 0.15) is 12.2 Å². The van der Waals surface area contributed by atoms with E-state index in [1.807, 2.05) is 0 Å². The summed E-state index contributed by atoms with van der Waals surface area (Å²) in [5.41, 5.74) is 0. The molecular weight excluding hydrogens is 196 g/mol. The van der Waals surface area contributed by atoms with E-state index in [-0.39, 0.29) is 11.5 Å². The highest BCUT2D eigenvalue weighted by atomic mass is 32.2. The molecule has 1 saturated heterocycles. The number of hydrogen-bond donors (Lipinski definition) is 0. The first-order valence-electron chi connectivity index (χ1n) is 3.85. The largest absolute Gasteiger partial charge is 0.459 e. The maximum Gasteiger partial charge on any atom is 0.303 e. The molecule has 1 rings (SSSR count). The molecule has 1 heterocycles. The Morgan fingerprint density at radius 3 is 2.31 bits per heavy atom. The van der Waals surface area contributed by atoms with Crippen molar-refractivity contribution in [1.82, 2.24) is 0 Å². The van der Waals surface area contributed by atoms with E-state index in [0.29, 0.717) is 0 Å². The van der Waals surface area contributed by atoms with E-state index < -0.39 is 28.0 Å². The lowest BCUT2D eigenvalue weighted by Crippen LogP contribution is -2.30. The van der Waals surface area contributed by atoms with Gasteiger partial charge < -0.3 is 9.47 Å². The quantitative estimate of drug-likeness (QED) is 0.565. The van der Waals surface area contributed by atoms with Crippen LogP contribution in [-0.4, -0.2) is 45.2 Å². The molecule has 0 aromatic carbocycles. The molecule has 1 aliphatic rings. The first-order chi connectivity index (χ1) is 5.94. The number of sulfone groups is 1. The molecule has 0 aromatic rings. The van der Waals surface area contributed by atoms with E-state index in [9.17, 15) is 13.2 Å². The molecule has 0 aliphatic carbocycles. The van der Waals surface area contributed by atoms with Gasteiger partial charge in [0, 0.05) is 14.0 Å². The summed E-state index contributed by atoms with van der Waals surface area (Å²) in [4.78, 5) is 10.6. The van der Waals surface area contributed by atoms with Crippen LogP contribution in [0.25, 0.3) is 0 Å². The van der Waals surface area contributed by atoms with Gasteiger partial charge in [-0.05, 0) is 0 Å². The zero-order valence-corrected chi connectivity index (χ0v) is 8.33. The average Bonchev–Trinajstić information content (AvgIpc) is 2.24. The molecule has 0 spiro atoms. The van der Waals surface area contributed by atoms with Crippen LogP contribution in [-0.2, 0) is 24.1 Å². The fourth-order valence-electron chi connectivity index (χ4n) is 1.33. The Bertz CT molecular complexity index is 294. The summed E-state index contributed by atoms with van der Waals surface area (Å²) in [7, 11) is -1.70. The van der Waals surface area contributed by atoms with Crippen LogP contribution in [0.2, 0.25) is 0 Å². The second kappa shape index (κ2) is 3.63. The number of rotatable bonds is 2. The highest BCUT2D eigenvalue weighted by Crippen LogP contribution is 2.18. The van der Waals surface area contributed by atoms with Crippen LogP contribution in [0.15, 0.2) is 0 Å². The third kappa shape index (κ3) is 2.67. The fourth-order valence-corrected chi connectivity index (χ4v) is 3.10. The molecule has 0 bridgehead atoms. The summed E-state index contributed by atoms with van der Waals surface area (Å²) in [6.07, 6.45) is -1.17. The molecule has 0 N–H and O–H groups in total. The zero-order valence-electron chi connectivity index (χ0n) is 7.52. The standard InChI is InChI=1S/C7H12O5S/c1-5(8)12-7-4-13(9,10)3-6(7)11-2/h6-7H,3-4H2,1-2H3/t6-,7-/m0/s1. The minimum atomic E-state index is -3.10. The Labute approximate surface area is 76.9 Å². The van der Waals surface area contributed by atoms with E-state index in [1.54, 1.807) is 0 Å². The first kappa shape index (κ1) is 10.5. The van der Waals surface area contributed by atoms with Crippen LogP contribution in [0.1, 0.15) is 6.92 Å². The van der Waals surface area contributed by atoms with Crippen molar-refractivity contribution in [2.75, 3.05) is 18.6 Å². The second-order valence-corrected chi connectivity index (χ2v) is 5.15. The molecule has 0 radical (unpaired) electrons. The summed E-state index contributed by atoms with van der Waals surface area (Å²) >= 11 is 0. The number of hydrogen-bond acceptors (Lipinski definition) is 5. The predicted octanol–water partition coefficient (Wildman–Crippen LogP) is -0.639. The van der Waals surface area contributed by atoms with Crippen molar-refractivity contribution in [2.24, 2.45) is 0 Å². The van der Waals surface area contributed by atoms with Gasteiger partial charge in [-0.15, -0.1) is 0 Å². The first-order valence-corrected chi connectivity index (χ1v) is 5.67. The Hall–Kier alpha value is -0.620. The zero-order chi connectivity index (χ0) is 10.1. The van der Waals surface area contributed by atoms with E-state index in [2.05, 4.69) is 0 Å². The SMILES string of the molecule is CO[C@H]1CS(=O)(=O)C[C@@H]1OC(C)=O. The van der Waals surface area contributed by atoms with Crippen molar-refractivity contribution in [2.45, 2.75) is 19.1 Å². The minimum Gasteiger partial charge on any atom is -0.459 e. The summed E-state index contributed by atoms with van der Waals surface area (Å²) in [5, 5.41) is 0. The van der Waals surface area contributed by atoms with Gasteiger partial charge in [0.05, 0.1) is 11.5 Å². The molecule has 0 unspecified atom stereocenters. The third-order valence-corrected chi connectivity index (χ3v) is 3.54. The molecule has 0 aromatic heterocycles. The highest BCUT2D eigenvalue weighted by molar-refractivity contribution is 7.91. The van der Waals surface area contributed by atoms with E-state index in [4.69, 9.17) is 9.47 Å². The third-order valence-electron chi connectivity index (χ3n) is 1.87. The Morgan fingerprint density at radius 1 is 1.31 bits per heavy atom. The topological polar surface area (TPSA) is 69.7 Å². The van der Waals surface area contributed by atoms with Crippen LogP contribution < -0.4 is 0 Å². The lowest BCUT2D eigenvalue weighted by atomic mass is 10.2. The Kier molecular flexibility index (Phi) is 2.92. The lowest BCUT2D eigenvalue weighted by molar-refractivity contribution is -0.150. The van der Waals surface area contributed by atoms with Gasteiger partial charge in [-0.1, -0.05) is 0 Å². The van der Waals surface area contributed by atoms with E-state index in [1.165, 1.54) is 14.0 Å². The smallest absolute Gasteiger partial charge is 0.303 e. The molecule has 5 nitrogen and oxygen atoms in total. The molecule has 0 amide bonds. The van der Waals surface area contributed by atoms with Gasteiger partial charge in [0.25, 0.3) is 0 Å². The minimum absolute atomic E-state index is 0.0680. The van der Waals surface area contributed by atoms with E-state index >= 15 is 0 Å². The summed E-state index contributed by atoms with van der Waals surface area (Å²) < 4.78 is 32.0. The van der Waals surface area contributed by atoms with E-state index in [0.717, 1.165) is 0 Å². The van der Waals surface area contributed by atoms with Gasteiger partial charge >= 0.3 is 5.97 Å². The van der Waals surface area contributed by atoms with Crippen LogP contribution in [0, 0.1) is 0 Å². The summed E-state index contributed by atoms with van der Waals surface area (Å²) in [6.45, 7) is 1.25. The molecule has 13 heavy (non-hydrogen) atoms. The monoisotopic (exact) mass is 208 g/mol. The molecule has 1 aliphatic heterocycles. The predicted molar refractivity (Wildman–Crippen MR) is 45.0 cm³/mol. The molecule has 1 fully saturated rings. The second-order valence-electron chi connectivity index (χ2n) is 3.00. The van der Waals surface area contributed by atoms with Crippen LogP contribution in [0.3, 0.4) is 0 Å². The van der Waals surface area contributed by atoms with Gasteiger partial charge in [0.15, 0.2) is 9.84 Å². The molecule has 6 heteroatoms. The van der Waals surface area contributed by atoms with Crippen molar-refractivity contribution in [3.05, 3.63) is 0 Å². The molecule has 2 atom stereocenters. The number of esters is 1. The van der Waals surface area contributed by atoms with Gasteiger partial charge in [-0.2, -0.15) is 0 Å². The number of ether oxygens (including phenoxy) is 2. The van der Waals surface area contributed by atoms with Crippen molar-refractivity contribution in [3.63, 3.8) is 0 Å². The summed E-state index contributed by atoms with van der Waals surface area (Å²) in [5.74, 6) is -0.684. The summed E-state index contributed by atoms with van der Waals surface area (Å²) in [6, 6.07) is 0. The highest BCUT2D eigenvalue weighted by Gasteiger charge is 2.39. The lowest BCUT2D eigenvalue weighted by Gasteiger charge is -2.15. The molecular formula is C7H12O5S. The van der Waals surface area contributed by atoms with Crippen molar-refractivity contribution < 1.29 is 22.7 Å². The average molecular weight is 208 g/mol. The van der Waals surface area contributed by atoms with Gasteiger partial charge in [-0.3, -0.25) is 4.79 Å². The number of carbonyl (C=O) groups is 1. The van der Waals surface area contributed by atoms with Crippen molar-refractivity contribution in [1.29, 1.82) is 0 Å². The maximum absolute atomic E-state index is 11.1. The Balaban J connectivity index is 2.69.